The zero-order chi connectivity index (χ0) is 36.6. The van der Waals surface area contributed by atoms with Gasteiger partial charge in [-0.1, -0.05) is 212 Å². The molecule has 1 aliphatic rings. The van der Waals surface area contributed by atoms with Gasteiger partial charge < -0.3 is 0 Å². The van der Waals surface area contributed by atoms with Crippen molar-refractivity contribution >= 4 is 28.8 Å². The third kappa shape index (κ3) is 5.63. The van der Waals surface area contributed by atoms with Crippen molar-refractivity contribution in [1.29, 1.82) is 0 Å². The summed E-state index contributed by atoms with van der Waals surface area (Å²) < 4.78 is 0. The molecule has 0 bridgehead atoms. The summed E-state index contributed by atoms with van der Waals surface area (Å²) in [5, 5.41) is 5.47. The minimum Gasteiger partial charge on any atom is -0.208 e. The summed E-state index contributed by atoms with van der Waals surface area (Å²) >= 11 is 0. The van der Waals surface area contributed by atoms with E-state index in [2.05, 4.69) is 188 Å². The van der Waals surface area contributed by atoms with Crippen molar-refractivity contribution in [3.63, 3.8) is 0 Å². The van der Waals surface area contributed by atoms with Gasteiger partial charge in [0.05, 0.1) is 0 Å². The standard InChI is InChI=1S/C51H35N3Si/c1-5-16-36(17-6-1)37-28-30-38(31-29-37)39-32-34-41(35-33-39)50-52-49(40-18-7-2-8-19-40)53-51(54-50)45-25-15-27-47-48(45)44-24-13-14-26-46(44)55(47,42-20-9-3-10-21-42)43-22-11-4-12-23-43/h1-35H. The maximum atomic E-state index is 5.28. The predicted octanol–water partition coefficient (Wildman–Crippen LogP) is 9.56. The molecule has 2 heterocycles. The minimum absolute atomic E-state index is 0.647. The molecule has 0 radical (unpaired) electrons. The largest absolute Gasteiger partial charge is 0.208 e. The lowest BCUT2D eigenvalue weighted by atomic mass is 9.99. The van der Waals surface area contributed by atoms with Gasteiger partial charge in [-0.05, 0) is 54.1 Å². The number of nitrogens with zero attached hydrogens (tertiary/aromatic N) is 3. The van der Waals surface area contributed by atoms with E-state index in [1.165, 1.54) is 43.0 Å². The van der Waals surface area contributed by atoms with E-state index in [1.54, 1.807) is 0 Å². The molecule has 9 aromatic rings. The fraction of sp³-hybridized carbons (Fsp3) is 0. The molecule has 1 aromatic heterocycles. The normalized spacial score (nSPS) is 12.5. The number of hydrogen-bond acceptors (Lipinski definition) is 3. The molecule has 10 rings (SSSR count). The summed E-state index contributed by atoms with van der Waals surface area (Å²) in [6.45, 7) is 0. The van der Waals surface area contributed by atoms with E-state index in [-0.39, 0.29) is 0 Å². The highest BCUT2D eigenvalue weighted by atomic mass is 28.3. The quantitative estimate of drug-likeness (QED) is 0.154. The van der Waals surface area contributed by atoms with Crippen LogP contribution in [-0.4, -0.2) is 23.0 Å². The summed E-state index contributed by atoms with van der Waals surface area (Å²) in [6.07, 6.45) is 0. The predicted molar refractivity (Wildman–Crippen MR) is 230 cm³/mol. The van der Waals surface area contributed by atoms with E-state index >= 15 is 0 Å². The van der Waals surface area contributed by atoms with Crippen LogP contribution in [0.25, 0.3) is 67.5 Å². The van der Waals surface area contributed by atoms with E-state index in [0.29, 0.717) is 17.5 Å². The second-order valence-electron chi connectivity index (χ2n) is 13.9. The van der Waals surface area contributed by atoms with Gasteiger partial charge in [0.15, 0.2) is 25.5 Å². The molecule has 55 heavy (non-hydrogen) atoms. The fourth-order valence-electron chi connectivity index (χ4n) is 8.32. The Balaban J connectivity index is 1.13. The summed E-state index contributed by atoms with van der Waals surface area (Å²) in [7, 11) is -2.68. The van der Waals surface area contributed by atoms with Gasteiger partial charge in [0.2, 0.25) is 0 Å². The van der Waals surface area contributed by atoms with Gasteiger partial charge in [-0.3, -0.25) is 0 Å². The lowest BCUT2D eigenvalue weighted by Crippen LogP contribution is -2.72. The van der Waals surface area contributed by atoms with E-state index in [4.69, 9.17) is 15.0 Å². The molecule has 8 aromatic carbocycles. The Kier molecular flexibility index (Phi) is 8.16. The van der Waals surface area contributed by atoms with Crippen molar-refractivity contribution < 1.29 is 0 Å². The van der Waals surface area contributed by atoms with Crippen LogP contribution < -0.4 is 20.7 Å². The van der Waals surface area contributed by atoms with Crippen molar-refractivity contribution in [3.8, 4) is 67.5 Å². The van der Waals surface area contributed by atoms with E-state index in [9.17, 15) is 0 Å². The molecular formula is C51H35N3Si. The third-order valence-electron chi connectivity index (χ3n) is 10.9. The Hall–Kier alpha value is -7.01. The first-order valence-electron chi connectivity index (χ1n) is 18.7. The zero-order valence-corrected chi connectivity index (χ0v) is 31.0. The molecule has 0 aliphatic carbocycles. The molecule has 0 fully saturated rings. The molecule has 0 amide bonds. The van der Waals surface area contributed by atoms with E-state index in [1.807, 2.05) is 24.3 Å². The van der Waals surface area contributed by atoms with Gasteiger partial charge in [-0.25, -0.2) is 15.0 Å². The van der Waals surface area contributed by atoms with Crippen LogP contribution in [-0.2, 0) is 0 Å². The molecule has 0 saturated heterocycles. The molecular weight excluding hydrogens is 683 g/mol. The highest BCUT2D eigenvalue weighted by Gasteiger charge is 2.49. The van der Waals surface area contributed by atoms with Crippen molar-refractivity contribution in [2.24, 2.45) is 0 Å². The molecule has 1 aliphatic heterocycles. The topological polar surface area (TPSA) is 38.7 Å². The number of fused-ring (bicyclic) bond motifs is 3. The first-order chi connectivity index (χ1) is 27.3. The molecule has 258 valence electrons. The van der Waals surface area contributed by atoms with Crippen LogP contribution in [0.3, 0.4) is 0 Å². The Labute approximate surface area is 322 Å². The van der Waals surface area contributed by atoms with Gasteiger partial charge >= 0.3 is 0 Å². The Morgan fingerprint density at radius 2 is 0.618 bits per heavy atom. The van der Waals surface area contributed by atoms with Crippen LogP contribution in [0.5, 0.6) is 0 Å². The Morgan fingerprint density at radius 3 is 1.16 bits per heavy atom. The molecule has 3 nitrogen and oxygen atoms in total. The van der Waals surface area contributed by atoms with Crippen LogP contribution in [0.2, 0.25) is 0 Å². The van der Waals surface area contributed by atoms with Crippen LogP contribution in [0.1, 0.15) is 0 Å². The molecule has 4 heteroatoms. The van der Waals surface area contributed by atoms with Crippen molar-refractivity contribution in [3.05, 3.63) is 212 Å². The van der Waals surface area contributed by atoms with Crippen LogP contribution in [0, 0.1) is 0 Å². The number of rotatable bonds is 7. The number of aromatic nitrogens is 3. The number of hydrogen-bond donors (Lipinski definition) is 0. The highest BCUT2D eigenvalue weighted by molar-refractivity contribution is 7.22. The molecule has 0 saturated carbocycles. The smallest absolute Gasteiger partial charge is 0.180 e. The SMILES string of the molecule is c1ccc(-c2ccc(-c3ccc(-c4nc(-c5ccccc5)nc(-c5cccc6c5-c5ccccc5[Si]6(c5ccccc5)c5ccccc5)n4)cc3)cc2)cc1. The summed E-state index contributed by atoms with van der Waals surface area (Å²) in [4.78, 5) is 15.6. The lowest BCUT2D eigenvalue weighted by molar-refractivity contribution is 1.07. The van der Waals surface area contributed by atoms with Gasteiger partial charge in [-0.2, -0.15) is 0 Å². The Bertz CT molecular complexity index is 2730. The van der Waals surface area contributed by atoms with Crippen molar-refractivity contribution in [1.82, 2.24) is 15.0 Å². The Morgan fingerprint density at radius 1 is 0.255 bits per heavy atom. The van der Waals surface area contributed by atoms with Crippen LogP contribution in [0.4, 0.5) is 0 Å². The average Bonchev–Trinajstić information content (AvgIpc) is 3.59. The maximum absolute atomic E-state index is 5.28. The highest BCUT2D eigenvalue weighted by Crippen LogP contribution is 2.37. The molecule has 0 unspecified atom stereocenters. The summed E-state index contributed by atoms with van der Waals surface area (Å²) in [5.74, 6) is 1.97. The van der Waals surface area contributed by atoms with Crippen LogP contribution >= 0.6 is 0 Å². The number of benzene rings is 8. The summed E-state index contributed by atoms with van der Waals surface area (Å²) in [5.41, 5.74) is 10.1. The second kappa shape index (κ2) is 13.8. The first kappa shape index (κ1) is 32.6. The molecule has 0 N–H and O–H groups in total. The van der Waals surface area contributed by atoms with E-state index in [0.717, 1.165) is 27.8 Å². The third-order valence-corrected chi connectivity index (χ3v) is 15.7. The van der Waals surface area contributed by atoms with Gasteiger partial charge in [0.1, 0.15) is 0 Å². The van der Waals surface area contributed by atoms with Crippen LogP contribution in [0.15, 0.2) is 212 Å². The lowest BCUT2D eigenvalue weighted by Gasteiger charge is -2.31. The van der Waals surface area contributed by atoms with Crippen molar-refractivity contribution in [2.75, 3.05) is 0 Å². The monoisotopic (exact) mass is 717 g/mol. The minimum atomic E-state index is -2.68. The van der Waals surface area contributed by atoms with Crippen molar-refractivity contribution in [2.45, 2.75) is 0 Å². The van der Waals surface area contributed by atoms with E-state index < -0.39 is 8.07 Å². The van der Waals surface area contributed by atoms with Gasteiger partial charge in [0.25, 0.3) is 0 Å². The second-order valence-corrected chi connectivity index (χ2v) is 17.7. The fourth-order valence-corrected chi connectivity index (χ4v) is 13.5. The first-order valence-corrected chi connectivity index (χ1v) is 20.7. The molecule has 0 spiro atoms. The average molecular weight is 718 g/mol. The molecule has 0 atom stereocenters. The van der Waals surface area contributed by atoms with Gasteiger partial charge in [-0.15, -0.1) is 0 Å². The van der Waals surface area contributed by atoms with Gasteiger partial charge in [0, 0.05) is 16.7 Å². The summed E-state index contributed by atoms with van der Waals surface area (Å²) in [6, 6.07) is 75.9. The zero-order valence-electron chi connectivity index (χ0n) is 30.0. The maximum Gasteiger partial charge on any atom is 0.180 e.